The van der Waals surface area contributed by atoms with Crippen molar-refractivity contribution in [1.82, 2.24) is 19.9 Å². The van der Waals surface area contributed by atoms with Gasteiger partial charge in [0.05, 0.1) is 22.8 Å². The third-order valence-electron chi connectivity index (χ3n) is 4.34. The Morgan fingerprint density at radius 3 is 1.24 bits per heavy atom. The first-order chi connectivity index (χ1) is 14.1. The Bertz CT molecular complexity index is 1100. The number of nitrogens with one attached hydrogen (secondary N) is 2. The summed E-state index contributed by atoms with van der Waals surface area (Å²) < 4.78 is 0. The molecule has 3 aromatic rings. The molecule has 0 atom stereocenters. The molecule has 0 saturated heterocycles. The number of H-pyrrole nitrogens is 2. The minimum Gasteiger partial charge on any atom is -0.481 e. The Morgan fingerprint density at radius 2 is 1.00 bits per heavy atom. The fourth-order valence-corrected chi connectivity index (χ4v) is 2.94. The lowest BCUT2D eigenvalue weighted by atomic mass is 10.3. The van der Waals surface area contributed by atoms with Gasteiger partial charge >= 0.3 is 5.97 Å². The first kappa shape index (κ1) is 18.4. The van der Waals surface area contributed by atoms with E-state index < -0.39 is 5.97 Å². The quantitative estimate of drug-likeness (QED) is 0.373. The number of carbonyl (C=O) groups is 1. The van der Waals surface area contributed by atoms with Crippen LogP contribution in [0.3, 0.4) is 0 Å². The van der Waals surface area contributed by atoms with Crippen LogP contribution in [0.25, 0.3) is 46.4 Å². The summed E-state index contributed by atoms with van der Waals surface area (Å²) in [6.45, 7) is 1.60. The second-order valence-electron chi connectivity index (χ2n) is 6.65. The fraction of sp³-hybridized carbons (Fsp3) is 0.0870. The van der Waals surface area contributed by atoms with Crippen LogP contribution in [-0.4, -0.2) is 31.0 Å². The summed E-state index contributed by atoms with van der Waals surface area (Å²) in [6, 6.07) is 16.4. The summed E-state index contributed by atoms with van der Waals surface area (Å²) in [5, 5.41) is 7.72. The van der Waals surface area contributed by atoms with Crippen molar-refractivity contribution in [1.29, 1.82) is 0 Å². The maximum absolute atomic E-state index is 9.37. The van der Waals surface area contributed by atoms with Crippen molar-refractivity contribution >= 4 is 52.3 Å². The molecule has 0 fully saturated rings. The van der Waals surface area contributed by atoms with E-state index >= 15 is 0 Å². The highest BCUT2D eigenvalue weighted by atomic mass is 16.4. The van der Waals surface area contributed by atoms with Crippen molar-refractivity contribution < 1.29 is 9.90 Å². The number of carboxylic acid groups (broad SMARTS) is 1. The smallest absolute Gasteiger partial charge is 0.303 e. The summed E-state index contributed by atoms with van der Waals surface area (Å²) in [5.74, 6) is -0.745. The van der Waals surface area contributed by atoms with Crippen LogP contribution in [0.5, 0.6) is 0 Å². The molecule has 2 aliphatic rings. The van der Waals surface area contributed by atoms with E-state index in [1.165, 1.54) is 0 Å². The predicted octanol–water partition coefficient (Wildman–Crippen LogP) is 5.14. The molecule has 2 aliphatic heterocycles. The van der Waals surface area contributed by atoms with Crippen molar-refractivity contribution in [3.63, 3.8) is 0 Å². The van der Waals surface area contributed by atoms with E-state index in [1.54, 1.807) is 6.92 Å². The van der Waals surface area contributed by atoms with Crippen LogP contribution in [0, 0.1) is 0 Å². The van der Waals surface area contributed by atoms with Gasteiger partial charge in [0.25, 0.3) is 0 Å². The molecule has 0 aromatic carbocycles. The largest absolute Gasteiger partial charge is 0.481 e. The first-order valence-corrected chi connectivity index (χ1v) is 9.33. The van der Waals surface area contributed by atoms with Crippen molar-refractivity contribution in [3.05, 3.63) is 71.3 Å². The van der Waals surface area contributed by atoms with Crippen LogP contribution in [0.15, 0.2) is 48.5 Å². The Labute approximate surface area is 167 Å². The van der Waals surface area contributed by atoms with Gasteiger partial charge in [-0.3, -0.25) is 4.79 Å². The van der Waals surface area contributed by atoms with Crippen LogP contribution >= 0.6 is 0 Å². The Balaban J connectivity index is 0.000000369. The maximum Gasteiger partial charge on any atom is 0.303 e. The molecule has 0 amide bonds. The normalized spacial score (nSPS) is 11.8. The monoisotopic (exact) mass is 384 g/mol. The lowest BCUT2D eigenvalue weighted by Gasteiger charge is -1.85. The molecule has 6 heteroatoms. The number of fused-ring (bicyclic) bond motifs is 8. The van der Waals surface area contributed by atoms with E-state index in [9.17, 15) is 4.79 Å². The zero-order valence-corrected chi connectivity index (χ0v) is 15.9. The highest BCUT2D eigenvalue weighted by molar-refractivity contribution is 5.77. The molecule has 8 bridgehead atoms. The lowest BCUT2D eigenvalue weighted by Crippen LogP contribution is -1.86. The topological polar surface area (TPSA) is 94.7 Å². The number of hydrogen-bond donors (Lipinski definition) is 3. The lowest BCUT2D eigenvalue weighted by molar-refractivity contribution is -0.136. The molecule has 0 radical (unpaired) electrons. The van der Waals surface area contributed by atoms with Crippen molar-refractivity contribution in [3.8, 4) is 0 Å². The molecular weight excluding hydrogens is 364 g/mol. The number of aromatic nitrogens is 4. The number of carboxylic acids is 1. The van der Waals surface area contributed by atoms with Gasteiger partial charge in [-0.2, -0.15) is 0 Å². The molecule has 3 aromatic heterocycles. The first-order valence-electron chi connectivity index (χ1n) is 9.33. The van der Waals surface area contributed by atoms with Gasteiger partial charge in [-0.15, -0.1) is 0 Å². The van der Waals surface area contributed by atoms with Crippen LogP contribution in [0.1, 0.15) is 36.1 Å². The molecule has 5 heterocycles. The van der Waals surface area contributed by atoms with E-state index in [2.05, 4.69) is 44.2 Å². The molecule has 144 valence electrons. The van der Waals surface area contributed by atoms with E-state index in [-0.39, 0.29) is 6.42 Å². The Kier molecular flexibility index (Phi) is 5.07. The van der Waals surface area contributed by atoms with Crippen LogP contribution in [0.4, 0.5) is 0 Å². The highest BCUT2D eigenvalue weighted by Gasteiger charge is 2.01. The summed E-state index contributed by atoms with van der Waals surface area (Å²) in [7, 11) is 0. The van der Waals surface area contributed by atoms with Gasteiger partial charge < -0.3 is 15.1 Å². The van der Waals surface area contributed by atoms with Crippen molar-refractivity contribution in [2.75, 3.05) is 0 Å². The van der Waals surface area contributed by atoms with Crippen LogP contribution < -0.4 is 0 Å². The maximum atomic E-state index is 9.37. The van der Waals surface area contributed by atoms with Gasteiger partial charge in [-0.1, -0.05) is 6.92 Å². The minimum atomic E-state index is -0.745. The minimum absolute atomic E-state index is 0.222. The molecule has 0 unspecified atom stereocenters. The average molecular weight is 384 g/mol. The summed E-state index contributed by atoms with van der Waals surface area (Å²) in [5.41, 5.74) is 7.86. The van der Waals surface area contributed by atoms with E-state index in [0.29, 0.717) is 0 Å². The number of nitrogens with zero attached hydrogens (tertiary/aromatic N) is 2. The zero-order valence-electron chi connectivity index (χ0n) is 15.9. The molecule has 5 rings (SSSR count). The van der Waals surface area contributed by atoms with E-state index in [4.69, 9.17) is 5.11 Å². The Hall–Kier alpha value is -3.93. The Morgan fingerprint density at radius 1 is 0.724 bits per heavy atom. The summed E-state index contributed by atoms with van der Waals surface area (Å²) >= 11 is 0. The van der Waals surface area contributed by atoms with Crippen molar-refractivity contribution in [2.24, 2.45) is 0 Å². The second kappa shape index (κ2) is 7.98. The summed E-state index contributed by atoms with van der Waals surface area (Å²) in [4.78, 5) is 25.4. The van der Waals surface area contributed by atoms with Crippen LogP contribution in [-0.2, 0) is 4.79 Å². The highest BCUT2D eigenvalue weighted by Crippen LogP contribution is 2.16. The molecule has 0 spiro atoms. The molecular formula is C23H20N4O2. The van der Waals surface area contributed by atoms with E-state index in [0.717, 1.165) is 44.8 Å². The molecule has 0 aliphatic carbocycles. The van der Waals surface area contributed by atoms with Gasteiger partial charge in [-0.05, 0) is 72.8 Å². The number of rotatable bonds is 1. The van der Waals surface area contributed by atoms with Crippen LogP contribution in [0.2, 0.25) is 0 Å². The van der Waals surface area contributed by atoms with Gasteiger partial charge in [-0.25, -0.2) is 9.97 Å². The van der Waals surface area contributed by atoms with Gasteiger partial charge in [0.15, 0.2) is 0 Å². The third kappa shape index (κ3) is 4.68. The number of aliphatic carboxylic acids is 1. The van der Waals surface area contributed by atoms with Crippen molar-refractivity contribution in [2.45, 2.75) is 13.3 Å². The zero-order chi connectivity index (χ0) is 20.2. The van der Waals surface area contributed by atoms with Gasteiger partial charge in [0.1, 0.15) is 0 Å². The van der Waals surface area contributed by atoms with E-state index in [1.807, 2.05) is 48.6 Å². The standard InChI is InChI=1S/C20H14N4.C3H6O2/c1-2-14-10-16-5-6-18(23-16)12-20-8-7-19(24-20)11-17-4-3-15(22-17)9-13(1)21-14;1-2-3(4)5/h1-12,21,24H;2H2,1H3,(H,4,5). The fourth-order valence-electron chi connectivity index (χ4n) is 2.94. The molecule has 3 N–H and O–H groups in total. The molecule has 29 heavy (non-hydrogen) atoms. The molecule has 6 nitrogen and oxygen atoms in total. The van der Waals surface area contributed by atoms with Gasteiger partial charge in [0.2, 0.25) is 0 Å². The molecule has 0 saturated carbocycles. The second-order valence-corrected chi connectivity index (χ2v) is 6.65. The summed E-state index contributed by atoms with van der Waals surface area (Å²) in [6.07, 6.45) is 8.31. The predicted molar refractivity (Wildman–Crippen MR) is 117 cm³/mol. The third-order valence-corrected chi connectivity index (χ3v) is 4.34. The van der Waals surface area contributed by atoms with Gasteiger partial charge in [0, 0.05) is 28.5 Å². The number of hydrogen-bond acceptors (Lipinski definition) is 3. The number of aromatic amines is 2. The average Bonchev–Trinajstić information content (AvgIpc) is 3.47. The SMILES string of the molecule is C1=Cc2cc3ccc(cc4nc(cc5ccc(cc1n2)[nH]5)C=C4)[nH]3.CCC(=O)O.